The minimum absolute atomic E-state index is 0.0126. The fourth-order valence-electron chi connectivity index (χ4n) is 3.54. The van der Waals surface area contributed by atoms with E-state index in [-0.39, 0.29) is 24.5 Å². The van der Waals surface area contributed by atoms with Crippen LogP contribution in [0.5, 0.6) is 5.75 Å². The lowest BCUT2D eigenvalue weighted by Gasteiger charge is -2.32. The molecular formula is C25H30N2O3. The van der Waals surface area contributed by atoms with Crippen LogP contribution in [0.2, 0.25) is 0 Å². The van der Waals surface area contributed by atoms with Gasteiger partial charge in [-0.1, -0.05) is 55.8 Å². The van der Waals surface area contributed by atoms with Crippen molar-refractivity contribution in [2.75, 3.05) is 19.7 Å². The third-order valence-electron chi connectivity index (χ3n) is 5.25. The van der Waals surface area contributed by atoms with E-state index in [0.717, 1.165) is 37.0 Å². The molecule has 0 saturated carbocycles. The first-order valence-corrected chi connectivity index (χ1v) is 10.7. The van der Waals surface area contributed by atoms with Crippen LogP contribution in [0.1, 0.15) is 37.3 Å². The second-order valence-corrected chi connectivity index (χ2v) is 7.59. The Morgan fingerprint density at radius 2 is 1.77 bits per heavy atom. The summed E-state index contributed by atoms with van der Waals surface area (Å²) in [6.45, 7) is 3.46. The minimum atomic E-state index is -0.0986. The summed E-state index contributed by atoms with van der Waals surface area (Å²) in [6.07, 6.45) is 7.03. The number of carbonyl (C=O) groups is 2. The molecule has 158 valence electrons. The molecule has 0 bridgehead atoms. The topological polar surface area (TPSA) is 58.6 Å². The number of nitrogens with one attached hydrogen (secondary N) is 1. The van der Waals surface area contributed by atoms with Gasteiger partial charge < -0.3 is 15.0 Å². The van der Waals surface area contributed by atoms with Crippen molar-refractivity contribution >= 4 is 17.9 Å². The van der Waals surface area contributed by atoms with Crippen LogP contribution in [0.4, 0.5) is 0 Å². The number of hydrogen-bond acceptors (Lipinski definition) is 3. The Balaban J connectivity index is 1.37. The molecule has 5 heteroatoms. The predicted octanol–water partition coefficient (Wildman–Crippen LogP) is 3.84. The van der Waals surface area contributed by atoms with Gasteiger partial charge >= 0.3 is 0 Å². The van der Waals surface area contributed by atoms with Gasteiger partial charge in [-0.2, -0.15) is 0 Å². The highest BCUT2D eigenvalue weighted by atomic mass is 16.5. The van der Waals surface area contributed by atoms with Gasteiger partial charge in [0, 0.05) is 25.2 Å². The summed E-state index contributed by atoms with van der Waals surface area (Å²) in [4.78, 5) is 26.4. The van der Waals surface area contributed by atoms with E-state index >= 15 is 0 Å². The van der Waals surface area contributed by atoms with Crippen LogP contribution < -0.4 is 10.1 Å². The largest absolute Gasteiger partial charge is 0.484 e. The average molecular weight is 407 g/mol. The molecule has 0 atom stereocenters. The van der Waals surface area contributed by atoms with Gasteiger partial charge in [0.2, 0.25) is 5.91 Å². The van der Waals surface area contributed by atoms with E-state index in [0.29, 0.717) is 13.1 Å². The number of nitrogens with zero attached hydrogens (tertiary/aromatic N) is 1. The van der Waals surface area contributed by atoms with Gasteiger partial charge in [-0.25, -0.2) is 0 Å². The van der Waals surface area contributed by atoms with E-state index in [9.17, 15) is 9.59 Å². The summed E-state index contributed by atoms with van der Waals surface area (Å²) in [5.74, 6) is 0.607. The quantitative estimate of drug-likeness (QED) is 0.678. The van der Waals surface area contributed by atoms with Crippen molar-refractivity contribution in [2.24, 2.45) is 0 Å². The van der Waals surface area contributed by atoms with Gasteiger partial charge in [0.25, 0.3) is 5.91 Å². The zero-order chi connectivity index (χ0) is 21.2. The van der Waals surface area contributed by atoms with Gasteiger partial charge in [0.15, 0.2) is 6.61 Å². The van der Waals surface area contributed by atoms with Crippen LogP contribution in [0.3, 0.4) is 0 Å². The van der Waals surface area contributed by atoms with Crippen molar-refractivity contribution in [3.63, 3.8) is 0 Å². The van der Waals surface area contributed by atoms with Crippen LogP contribution in [0, 0.1) is 0 Å². The maximum absolute atomic E-state index is 12.4. The number of likely N-dealkylation sites (tertiary alicyclic amines) is 1. The summed E-state index contributed by atoms with van der Waals surface area (Å²) in [5, 5.41) is 3.03. The highest BCUT2D eigenvalue weighted by Crippen LogP contribution is 2.15. The molecule has 2 amide bonds. The Labute approximate surface area is 178 Å². The standard InChI is InChI=1S/C25H30N2O3/c1-2-6-20-9-12-23(13-10-20)30-19-25(29)27-17-15-22(16-18-27)26-24(28)14-11-21-7-4-3-5-8-21/h3-5,7-14,22H,2,6,15-19H2,1H3,(H,26,28)/b14-11+. The molecule has 0 aromatic heterocycles. The lowest BCUT2D eigenvalue weighted by molar-refractivity contribution is -0.134. The van der Waals surface area contributed by atoms with Gasteiger partial charge in [-0.05, 0) is 48.6 Å². The van der Waals surface area contributed by atoms with Crippen LogP contribution in [-0.4, -0.2) is 42.5 Å². The number of rotatable bonds is 8. The Hall–Kier alpha value is -3.08. The lowest BCUT2D eigenvalue weighted by atomic mass is 10.0. The first-order chi connectivity index (χ1) is 14.6. The Bertz CT molecular complexity index is 838. The van der Waals surface area contributed by atoms with Crippen molar-refractivity contribution in [3.05, 3.63) is 71.8 Å². The van der Waals surface area contributed by atoms with E-state index in [4.69, 9.17) is 4.74 Å². The highest BCUT2D eigenvalue weighted by Gasteiger charge is 2.23. The molecule has 30 heavy (non-hydrogen) atoms. The second kappa shape index (κ2) is 11.2. The smallest absolute Gasteiger partial charge is 0.260 e. The van der Waals surface area contributed by atoms with Crippen molar-refractivity contribution in [3.8, 4) is 5.75 Å². The van der Waals surface area contributed by atoms with Crippen molar-refractivity contribution < 1.29 is 14.3 Å². The first kappa shape index (κ1) is 21.6. The van der Waals surface area contributed by atoms with E-state index in [1.54, 1.807) is 12.2 Å². The second-order valence-electron chi connectivity index (χ2n) is 7.59. The number of hydrogen-bond donors (Lipinski definition) is 1. The predicted molar refractivity (Wildman–Crippen MR) is 119 cm³/mol. The van der Waals surface area contributed by atoms with Crippen LogP contribution >= 0.6 is 0 Å². The molecular weight excluding hydrogens is 376 g/mol. The van der Waals surface area contributed by atoms with Crippen molar-refractivity contribution in [2.45, 2.75) is 38.6 Å². The molecule has 1 aliphatic heterocycles. The number of benzene rings is 2. The Morgan fingerprint density at radius 3 is 2.43 bits per heavy atom. The molecule has 2 aromatic carbocycles. The normalized spacial score (nSPS) is 14.6. The summed E-state index contributed by atoms with van der Waals surface area (Å²) in [6, 6.07) is 17.8. The Kier molecular flexibility index (Phi) is 8.07. The first-order valence-electron chi connectivity index (χ1n) is 10.7. The van der Waals surface area contributed by atoms with Crippen LogP contribution in [0.25, 0.3) is 6.08 Å². The molecule has 0 aliphatic carbocycles. The lowest BCUT2D eigenvalue weighted by Crippen LogP contribution is -2.47. The maximum Gasteiger partial charge on any atom is 0.260 e. The zero-order valence-electron chi connectivity index (χ0n) is 17.5. The van der Waals surface area contributed by atoms with Gasteiger partial charge in [0.05, 0.1) is 0 Å². The molecule has 2 aromatic rings. The van der Waals surface area contributed by atoms with Crippen molar-refractivity contribution in [1.29, 1.82) is 0 Å². The SMILES string of the molecule is CCCc1ccc(OCC(=O)N2CCC(NC(=O)/C=C/c3ccccc3)CC2)cc1. The number of ether oxygens (including phenoxy) is 1. The third kappa shape index (κ3) is 6.76. The fourth-order valence-corrected chi connectivity index (χ4v) is 3.54. The Morgan fingerprint density at radius 1 is 1.07 bits per heavy atom. The summed E-state index contributed by atoms with van der Waals surface area (Å²) >= 11 is 0. The molecule has 1 aliphatic rings. The van der Waals surface area contributed by atoms with Crippen molar-refractivity contribution in [1.82, 2.24) is 10.2 Å². The highest BCUT2D eigenvalue weighted by molar-refractivity contribution is 5.91. The summed E-state index contributed by atoms with van der Waals surface area (Å²) < 4.78 is 5.65. The number of aryl methyl sites for hydroxylation is 1. The monoisotopic (exact) mass is 406 g/mol. The molecule has 0 radical (unpaired) electrons. The van der Waals surface area contributed by atoms with E-state index in [1.807, 2.05) is 59.5 Å². The third-order valence-corrected chi connectivity index (χ3v) is 5.25. The molecule has 1 fully saturated rings. The van der Waals surface area contributed by atoms with E-state index in [1.165, 1.54) is 5.56 Å². The number of piperidine rings is 1. The van der Waals surface area contributed by atoms with E-state index < -0.39 is 0 Å². The number of carbonyl (C=O) groups excluding carboxylic acids is 2. The summed E-state index contributed by atoms with van der Waals surface area (Å²) in [5.41, 5.74) is 2.27. The average Bonchev–Trinajstić information content (AvgIpc) is 2.78. The minimum Gasteiger partial charge on any atom is -0.484 e. The maximum atomic E-state index is 12.4. The molecule has 1 saturated heterocycles. The molecule has 5 nitrogen and oxygen atoms in total. The van der Waals surface area contributed by atoms with Crippen LogP contribution in [-0.2, 0) is 16.0 Å². The zero-order valence-corrected chi connectivity index (χ0v) is 17.5. The fraction of sp³-hybridized carbons (Fsp3) is 0.360. The van der Waals surface area contributed by atoms with Gasteiger partial charge in [-0.3, -0.25) is 9.59 Å². The number of amides is 2. The molecule has 0 spiro atoms. The summed E-state index contributed by atoms with van der Waals surface area (Å²) in [7, 11) is 0. The van der Waals surface area contributed by atoms with Crippen LogP contribution in [0.15, 0.2) is 60.7 Å². The molecule has 3 rings (SSSR count). The molecule has 1 heterocycles. The molecule has 1 N–H and O–H groups in total. The van der Waals surface area contributed by atoms with Gasteiger partial charge in [-0.15, -0.1) is 0 Å². The van der Waals surface area contributed by atoms with E-state index in [2.05, 4.69) is 12.2 Å². The van der Waals surface area contributed by atoms with Gasteiger partial charge in [0.1, 0.15) is 5.75 Å². The molecule has 0 unspecified atom stereocenters.